The number of rotatable bonds is 34. The van der Waals surface area contributed by atoms with E-state index in [4.69, 9.17) is 33.4 Å². The molecule has 0 aliphatic rings. The Morgan fingerprint density at radius 3 is 1.05 bits per heavy atom. The Bertz CT molecular complexity index is 1240. The van der Waals surface area contributed by atoms with Crippen molar-refractivity contribution in [3.05, 3.63) is 0 Å². The van der Waals surface area contributed by atoms with E-state index in [1.54, 1.807) is 20.8 Å². The maximum absolute atomic E-state index is 13.9. The number of carboxylic acids is 1. The fraction of sp³-hybridized carbons (Fsp3) is 0.816. The summed E-state index contributed by atoms with van der Waals surface area (Å²) < 4.78 is 5.43. The summed E-state index contributed by atoms with van der Waals surface area (Å²) in [7, 11) is 0. The second kappa shape index (κ2) is 32.0. The van der Waals surface area contributed by atoms with Gasteiger partial charge in [-0.1, -0.05) is 0 Å². The summed E-state index contributed by atoms with van der Waals surface area (Å²) in [6, 6.07) is -5.68. The number of carbonyl (C=O) groups is 7. The molecule has 0 saturated carbocycles. The fourth-order valence-corrected chi connectivity index (χ4v) is 5.64. The molecule has 0 unspecified atom stereocenters. The van der Waals surface area contributed by atoms with Crippen LogP contribution in [0.25, 0.3) is 0 Å². The average molecular weight is 830 g/mol. The highest BCUT2D eigenvalue weighted by molar-refractivity contribution is 5.96. The third kappa shape index (κ3) is 26.1. The van der Waals surface area contributed by atoms with Crippen LogP contribution in [-0.4, -0.2) is 128 Å². The Morgan fingerprint density at radius 2 is 0.759 bits per heavy atom. The molecule has 20 nitrogen and oxygen atoms in total. The maximum atomic E-state index is 13.9. The van der Waals surface area contributed by atoms with Crippen LogP contribution in [0.1, 0.15) is 117 Å². The minimum absolute atomic E-state index is 0.149. The van der Waals surface area contributed by atoms with Gasteiger partial charge in [0.2, 0.25) is 35.4 Å². The van der Waals surface area contributed by atoms with E-state index in [9.17, 15) is 38.7 Å². The lowest BCUT2D eigenvalue weighted by Crippen LogP contribution is -2.59. The Labute approximate surface area is 343 Å². The Hall–Kier alpha value is -3.95. The largest absolute Gasteiger partial charge is 0.480 e. The van der Waals surface area contributed by atoms with Crippen molar-refractivity contribution in [1.82, 2.24) is 31.9 Å². The van der Waals surface area contributed by atoms with E-state index in [2.05, 4.69) is 31.9 Å². The van der Waals surface area contributed by atoms with Gasteiger partial charge in [0, 0.05) is 0 Å². The van der Waals surface area contributed by atoms with E-state index in [1.807, 2.05) is 0 Å². The lowest BCUT2D eigenvalue weighted by atomic mass is 10.0. The third-order valence-electron chi connectivity index (χ3n) is 8.98. The van der Waals surface area contributed by atoms with Crippen LogP contribution < -0.4 is 60.6 Å². The van der Waals surface area contributed by atoms with Crippen LogP contribution >= 0.6 is 0 Å². The molecule has 336 valence electrons. The molecule has 20 heteroatoms. The van der Waals surface area contributed by atoms with Gasteiger partial charge in [-0.2, -0.15) is 0 Å². The third-order valence-corrected chi connectivity index (χ3v) is 8.98. The molecule has 5 atom stereocenters. The van der Waals surface area contributed by atoms with Gasteiger partial charge in [-0.15, -0.1) is 0 Å². The molecule has 0 heterocycles. The SMILES string of the molecule is CC(C)(C)OCC(=O)NCC(=O)N[C@@H](CCCCN)C(=O)N[C@@H](CCCCN)C(=O)N[C@@H](CCCCN)C(=O)N[C@@H](CCCCN)C(=O)N[C@@H](CCCCN)C(=O)O. The Kier molecular flexibility index (Phi) is 29.8. The predicted molar refractivity (Wildman–Crippen MR) is 221 cm³/mol. The second-order valence-electron chi connectivity index (χ2n) is 15.3. The molecule has 0 saturated heterocycles. The first-order valence-corrected chi connectivity index (χ1v) is 20.7. The summed E-state index contributed by atoms with van der Waals surface area (Å²) in [5.41, 5.74) is 27.7. The van der Waals surface area contributed by atoms with Gasteiger partial charge in [0.1, 0.15) is 36.8 Å². The topological polar surface area (TPSA) is 351 Å². The molecule has 0 aromatic rings. The van der Waals surface area contributed by atoms with Gasteiger partial charge in [-0.25, -0.2) is 4.79 Å². The number of hydrogen-bond donors (Lipinski definition) is 12. The summed E-state index contributed by atoms with van der Waals surface area (Å²) in [5, 5.41) is 25.5. The van der Waals surface area contributed by atoms with Crippen molar-refractivity contribution in [2.45, 2.75) is 153 Å². The Morgan fingerprint density at radius 1 is 0.466 bits per heavy atom. The van der Waals surface area contributed by atoms with Crippen molar-refractivity contribution in [1.29, 1.82) is 0 Å². The fourth-order valence-electron chi connectivity index (χ4n) is 5.64. The van der Waals surface area contributed by atoms with Crippen LogP contribution in [0.4, 0.5) is 0 Å². The molecule has 0 aliphatic carbocycles. The van der Waals surface area contributed by atoms with E-state index in [0.717, 1.165) is 0 Å². The molecule has 0 bridgehead atoms. The van der Waals surface area contributed by atoms with Crippen LogP contribution in [0, 0.1) is 0 Å². The molecular weight excluding hydrogens is 754 g/mol. The molecule has 6 amide bonds. The van der Waals surface area contributed by atoms with Gasteiger partial charge in [0.05, 0.1) is 12.1 Å². The van der Waals surface area contributed by atoms with E-state index >= 15 is 0 Å². The molecule has 0 spiro atoms. The minimum Gasteiger partial charge on any atom is -0.480 e. The molecule has 0 aromatic heterocycles. The lowest BCUT2D eigenvalue weighted by molar-refractivity contribution is -0.142. The summed E-state index contributed by atoms with van der Waals surface area (Å²) in [6.45, 7) is 6.41. The van der Waals surface area contributed by atoms with E-state index in [1.165, 1.54) is 0 Å². The molecule has 0 radical (unpaired) electrons. The highest BCUT2D eigenvalue weighted by Crippen LogP contribution is 2.11. The van der Waals surface area contributed by atoms with Crippen molar-refractivity contribution in [3.63, 3.8) is 0 Å². The quantitative estimate of drug-likeness (QED) is 0.0315. The zero-order chi connectivity index (χ0) is 43.9. The highest BCUT2D eigenvalue weighted by Gasteiger charge is 2.32. The molecule has 0 fully saturated rings. The van der Waals surface area contributed by atoms with Gasteiger partial charge < -0.3 is 70.4 Å². The van der Waals surface area contributed by atoms with E-state index in [0.29, 0.717) is 96.9 Å². The standard InChI is InChI=1S/C38H75N11O9/c1-38(2,3)58-25-32(51)44-24-31(50)45-26(14-4-9-19-39)33(52)46-27(15-5-10-20-40)34(53)47-28(16-6-11-21-41)35(54)48-29(17-7-12-22-42)36(55)49-30(37(56)57)18-8-13-23-43/h26-30H,4-25,39-43H2,1-3H3,(H,44,51)(H,45,50)(H,46,52)(H,47,53)(H,48,54)(H,49,55)(H,56,57)/t26-,27-,28-,29-,30-/m0/s1. The average Bonchev–Trinajstić information content (AvgIpc) is 3.17. The number of carboxylic acid groups (broad SMARTS) is 1. The summed E-state index contributed by atoms with van der Waals surface area (Å²) in [6.07, 6.45) is 5.89. The summed E-state index contributed by atoms with van der Waals surface area (Å²) >= 11 is 0. The first-order chi connectivity index (χ1) is 27.5. The predicted octanol–water partition coefficient (Wildman–Crippen LogP) is -1.93. The van der Waals surface area contributed by atoms with Crippen LogP contribution in [0.3, 0.4) is 0 Å². The zero-order valence-corrected chi connectivity index (χ0v) is 35.0. The number of nitrogens with two attached hydrogens (primary N) is 5. The molecular formula is C38H75N11O9. The monoisotopic (exact) mass is 830 g/mol. The number of aliphatic carboxylic acids is 1. The molecule has 0 aliphatic heterocycles. The Balaban J connectivity index is 6.18. The van der Waals surface area contributed by atoms with Crippen molar-refractivity contribution >= 4 is 41.4 Å². The van der Waals surface area contributed by atoms with E-state index in [-0.39, 0.29) is 38.7 Å². The molecule has 58 heavy (non-hydrogen) atoms. The number of ether oxygens (including phenoxy) is 1. The van der Waals surface area contributed by atoms with Crippen LogP contribution in [-0.2, 0) is 38.3 Å². The normalized spacial score (nSPS) is 13.9. The molecule has 0 aromatic carbocycles. The molecule has 0 rings (SSSR count). The van der Waals surface area contributed by atoms with Gasteiger partial charge in [0.25, 0.3) is 0 Å². The van der Waals surface area contributed by atoms with Crippen molar-refractivity contribution < 1.29 is 43.4 Å². The number of carbonyl (C=O) groups excluding carboxylic acids is 6. The first-order valence-electron chi connectivity index (χ1n) is 20.7. The van der Waals surface area contributed by atoms with Crippen LogP contribution in [0.2, 0.25) is 0 Å². The smallest absolute Gasteiger partial charge is 0.326 e. The van der Waals surface area contributed by atoms with Gasteiger partial charge in [-0.3, -0.25) is 28.8 Å². The number of amides is 6. The number of hydrogen-bond acceptors (Lipinski definition) is 13. The van der Waals surface area contributed by atoms with Gasteiger partial charge in [-0.05, 0) is 150 Å². The first kappa shape index (κ1) is 54.0. The highest BCUT2D eigenvalue weighted by atomic mass is 16.5. The van der Waals surface area contributed by atoms with Crippen LogP contribution in [0.5, 0.6) is 0 Å². The zero-order valence-electron chi connectivity index (χ0n) is 35.0. The second-order valence-corrected chi connectivity index (χ2v) is 15.3. The minimum atomic E-state index is -1.22. The number of unbranched alkanes of at least 4 members (excludes halogenated alkanes) is 5. The number of nitrogens with one attached hydrogen (secondary N) is 6. The van der Waals surface area contributed by atoms with Gasteiger partial charge >= 0.3 is 5.97 Å². The summed E-state index contributed by atoms with van der Waals surface area (Å²) in [5.74, 6) is -5.06. The van der Waals surface area contributed by atoms with Gasteiger partial charge in [0.15, 0.2) is 0 Å². The maximum Gasteiger partial charge on any atom is 0.326 e. The molecule has 17 N–H and O–H groups in total. The summed E-state index contributed by atoms with van der Waals surface area (Å²) in [4.78, 5) is 91.8. The van der Waals surface area contributed by atoms with E-state index < -0.39 is 83.8 Å². The van der Waals surface area contributed by atoms with Crippen molar-refractivity contribution in [2.75, 3.05) is 45.9 Å². The van der Waals surface area contributed by atoms with Crippen LogP contribution in [0.15, 0.2) is 0 Å². The van der Waals surface area contributed by atoms with Crippen molar-refractivity contribution in [3.8, 4) is 0 Å². The lowest BCUT2D eigenvalue weighted by Gasteiger charge is -2.27. The van der Waals surface area contributed by atoms with Crippen molar-refractivity contribution in [2.24, 2.45) is 28.7 Å².